The van der Waals surface area contributed by atoms with Crippen LogP contribution in [0.25, 0.3) is 0 Å². The summed E-state index contributed by atoms with van der Waals surface area (Å²) in [5.41, 5.74) is 4.66. The molecule has 1 aliphatic rings. The molecule has 0 spiro atoms. The van der Waals surface area contributed by atoms with Gasteiger partial charge in [-0.1, -0.05) is 42.5 Å². The molecule has 2 amide bonds. The molecular formula is C28H32N4O2. The number of anilines is 2. The summed E-state index contributed by atoms with van der Waals surface area (Å²) in [7, 11) is 2.14. The van der Waals surface area contributed by atoms with Crippen molar-refractivity contribution in [3.8, 4) is 0 Å². The molecule has 176 valence electrons. The fourth-order valence-corrected chi connectivity index (χ4v) is 3.99. The van der Waals surface area contributed by atoms with Crippen LogP contribution in [0.15, 0.2) is 78.9 Å². The van der Waals surface area contributed by atoms with Gasteiger partial charge in [-0.05, 0) is 61.0 Å². The molecule has 0 unspecified atom stereocenters. The Bertz CT molecular complexity index is 1070. The minimum absolute atomic E-state index is 0.0192. The lowest BCUT2D eigenvalue weighted by atomic mass is 10.1. The summed E-state index contributed by atoms with van der Waals surface area (Å²) in [6.07, 6.45) is 1.18. The highest BCUT2D eigenvalue weighted by Crippen LogP contribution is 2.20. The topological polar surface area (TPSA) is 64.7 Å². The number of hydrogen-bond donors (Lipinski definition) is 2. The van der Waals surface area contributed by atoms with Crippen LogP contribution >= 0.6 is 0 Å². The van der Waals surface area contributed by atoms with Crippen LogP contribution in [0.2, 0.25) is 0 Å². The van der Waals surface area contributed by atoms with Gasteiger partial charge in [0.25, 0.3) is 5.91 Å². The van der Waals surface area contributed by atoms with Gasteiger partial charge in [-0.25, -0.2) is 0 Å². The van der Waals surface area contributed by atoms with Gasteiger partial charge in [0.1, 0.15) is 0 Å². The van der Waals surface area contributed by atoms with E-state index in [-0.39, 0.29) is 11.8 Å². The number of likely N-dealkylation sites (N-methyl/N-ethyl adjacent to an activating group) is 1. The smallest absolute Gasteiger partial charge is 0.255 e. The fraction of sp³-hybridized carbons (Fsp3) is 0.286. The Morgan fingerprint density at radius 2 is 1.47 bits per heavy atom. The summed E-state index contributed by atoms with van der Waals surface area (Å²) in [5, 5.41) is 5.91. The third-order valence-electron chi connectivity index (χ3n) is 6.18. The molecule has 0 aliphatic carbocycles. The SMILES string of the molecule is CN1CCN(c2ccc(NC(=O)c3ccc(CNC(=O)CCc4ccccc4)cc3)cc2)CC1. The molecule has 0 atom stereocenters. The third kappa shape index (κ3) is 6.68. The predicted molar refractivity (Wildman–Crippen MR) is 137 cm³/mol. The van der Waals surface area contributed by atoms with Gasteiger partial charge in [0.05, 0.1) is 0 Å². The molecule has 34 heavy (non-hydrogen) atoms. The molecule has 1 fully saturated rings. The number of nitrogens with one attached hydrogen (secondary N) is 2. The Hall–Kier alpha value is -3.64. The molecule has 3 aromatic carbocycles. The number of rotatable bonds is 8. The predicted octanol–water partition coefficient (Wildman–Crippen LogP) is 3.94. The second-order valence-electron chi connectivity index (χ2n) is 8.75. The number of aryl methyl sites for hydroxylation is 1. The number of carbonyl (C=O) groups is 2. The summed E-state index contributed by atoms with van der Waals surface area (Å²) >= 11 is 0. The van der Waals surface area contributed by atoms with Crippen molar-refractivity contribution in [2.45, 2.75) is 19.4 Å². The van der Waals surface area contributed by atoms with E-state index in [0.29, 0.717) is 18.5 Å². The van der Waals surface area contributed by atoms with Crippen LogP contribution in [0.4, 0.5) is 11.4 Å². The number of nitrogens with zero attached hydrogens (tertiary/aromatic N) is 2. The zero-order valence-corrected chi connectivity index (χ0v) is 19.7. The summed E-state index contributed by atoms with van der Waals surface area (Å²) in [6.45, 7) is 4.60. The van der Waals surface area contributed by atoms with Gasteiger partial charge in [0.15, 0.2) is 0 Å². The van der Waals surface area contributed by atoms with Crippen LogP contribution in [-0.2, 0) is 17.8 Å². The molecule has 1 aliphatic heterocycles. The summed E-state index contributed by atoms with van der Waals surface area (Å²) < 4.78 is 0. The van der Waals surface area contributed by atoms with Crippen molar-refractivity contribution in [1.29, 1.82) is 0 Å². The van der Waals surface area contributed by atoms with E-state index in [0.717, 1.165) is 49.4 Å². The van der Waals surface area contributed by atoms with Gasteiger partial charge < -0.3 is 20.4 Å². The Kier molecular flexibility index (Phi) is 7.94. The number of piperazine rings is 1. The van der Waals surface area contributed by atoms with Crippen molar-refractivity contribution >= 4 is 23.2 Å². The Morgan fingerprint density at radius 1 is 0.794 bits per heavy atom. The normalized spacial score (nSPS) is 14.0. The van der Waals surface area contributed by atoms with E-state index in [1.54, 1.807) is 12.1 Å². The lowest BCUT2D eigenvalue weighted by molar-refractivity contribution is -0.121. The van der Waals surface area contributed by atoms with E-state index in [4.69, 9.17) is 0 Å². The maximum atomic E-state index is 12.6. The standard InChI is InChI=1S/C28H32N4O2/c1-31-17-19-32(20-18-31)26-14-12-25(13-15-26)30-28(34)24-10-7-23(8-11-24)21-29-27(33)16-9-22-5-3-2-4-6-22/h2-8,10-15H,9,16-21H2,1H3,(H,29,33)(H,30,34). The van der Waals surface area contributed by atoms with Crippen molar-refractivity contribution in [2.24, 2.45) is 0 Å². The Morgan fingerprint density at radius 3 is 2.15 bits per heavy atom. The fourth-order valence-electron chi connectivity index (χ4n) is 3.99. The second-order valence-corrected chi connectivity index (χ2v) is 8.75. The Balaban J connectivity index is 1.23. The van der Waals surface area contributed by atoms with Crippen LogP contribution in [0.5, 0.6) is 0 Å². The minimum atomic E-state index is -0.147. The Labute approximate surface area is 201 Å². The van der Waals surface area contributed by atoms with Gasteiger partial charge in [-0.2, -0.15) is 0 Å². The minimum Gasteiger partial charge on any atom is -0.369 e. The molecule has 3 aromatic rings. The van der Waals surface area contributed by atoms with Crippen LogP contribution in [-0.4, -0.2) is 49.9 Å². The molecule has 0 saturated carbocycles. The van der Waals surface area contributed by atoms with Gasteiger partial charge >= 0.3 is 0 Å². The van der Waals surface area contributed by atoms with Crippen LogP contribution in [0, 0.1) is 0 Å². The van der Waals surface area contributed by atoms with Gasteiger partial charge in [-0.15, -0.1) is 0 Å². The van der Waals surface area contributed by atoms with Crippen molar-refractivity contribution in [3.05, 3.63) is 95.6 Å². The van der Waals surface area contributed by atoms with E-state index in [2.05, 4.69) is 39.6 Å². The van der Waals surface area contributed by atoms with Crippen LogP contribution in [0.1, 0.15) is 27.9 Å². The van der Waals surface area contributed by atoms with Crippen LogP contribution < -0.4 is 15.5 Å². The van der Waals surface area contributed by atoms with Gasteiger partial charge in [-0.3, -0.25) is 9.59 Å². The van der Waals surface area contributed by atoms with Crippen molar-refractivity contribution < 1.29 is 9.59 Å². The maximum absolute atomic E-state index is 12.6. The van der Waals surface area contributed by atoms with Crippen molar-refractivity contribution in [1.82, 2.24) is 10.2 Å². The maximum Gasteiger partial charge on any atom is 0.255 e. The van der Waals surface area contributed by atoms with E-state index < -0.39 is 0 Å². The number of hydrogen-bond acceptors (Lipinski definition) is 4. The molecule has 0 radical (unpaired) electrons. The van der Waals surface area contributed by atoms with E-state index >= 15 is 0 Å². The van der Waals surface area contributed by atoms with E-state index in [1.807, 2.05) is 54.6 Å². The molecule has 6 nitrogen and oxygen atoms in total. The van der Waals surface area contributed by atoms with Crippen LogP contribution in [0.3, 0.4) is 0 Å². The molecule has 0 aromatic heterocycles. The lowest BCUT2D eigenvalue weighted by Crippen LogP contribution is -2.44. The average Bonchev–Trinajstić information content (AvgIpc) is 2.88. The third-order valence-corrected chi connectivity index (χ3v) is 6.18. The first-order valence-corrected chi connectivity index (χ1v) is 11.8. The largest absolute Gasteiger partial charge is 0.369 e. The van der Waals surface area contributed by atoms with Gasteiger partial charge in [0.2, 0.25) is 5.91 Å². The molecule has 1 heterocycles. The zero-order valence-electron chi connectivity index (χ0n) is 19.7. The zero-order chi connectivity index (χ0) is 23.8. The lowest BCUT2D eigenvalue weighted by Gasteiger charge is -2.34. The van der Waals surface area contributed by atoms with Crippen molar-refractivity contribution in [3.63, 3.8) is 0 Å². The molecule has 1 saturated heterocycles. The highest BCUT2D eigenvalue weighted by atomic mass is 16.2. The number of benzene rings is 3. The number of amides is 2. The molecule has 2 N–H and O–H groups in total. The molecular weight excluding hydrogens is 424 g/mol. The summed E-state index contributed by atoms with van der Waals surface area (Å²) in [6, 6.07) is 25.3. The first-order valence-electron chi connectivity index (χ1n) is 11.8. The summed E-state index contributed by atoms with van der Waals surface area (Å²) in [4.78, 5) is 29.5. The highest BCUT2D eigenvalue weighted by Gasteiger charge is 2.14. The van der Waals surface area contributed by atoms with Gasteiger partial charge in [0, 0.05) is 56.1 Å². The first kappa shape index (κ1) is 23.5. The first-order chi connectivity index (χ1) is 16.6. The summed E-state index contributed by atoms with van der Waals surface area (Å²) in [5.74, 6) is -0.128. The van der Waals surface area contributed by atoms with Crippen molar-refractivity contribution in [2.75, 3.05) is 43.4 Å². The quantitative estimate of drug-likeness (QED) is 0.539. The second kappa shape index (κ2) is 11.5. The van der Waals surface area contributed by atoms with E-state index in [9.17, 15) is 9.59 Å². The van der Waals surface area contributed by atoms with E-state index in [1.165, 1.54) is 5.69 Å². The monoisotopic (exact) mass is 456 g/mol. The molecule has 0 bridgehead atoms. The highest BCUT2D eigenvalue weighted by molar-refractivity contribution is 6.04. The average molecular weight is 457 g/mol. The number of carbonyl (C=O) groups excluding carboxylic acids is 2. The molecule has 4 rings (SSSR count). The molecule has 6 heteroatoms.